The molecule has 2 heterocycles. The van der Waals surface area contributed by atoms with E-state index in [0.717, 1.165) is 18.1 Å². The van der Waals surface area contributed by atoms with Gasteiger partial charge in [-0.3, -0.25) is 4.98 Å². The van der Waals surface area contributed by atoms with E-state index >= 15 is 0 Å². The number of rotatable bonds is 2. The quantitative estimate of drug-likeness (QED) is 0.763. The first-order valence-electron chi connectivity index (χ1n) is 4.41. The Morgan fingerprint density at radius 1 is 1.43 bits per heavy atom. The topological polar surface area (TPSA) is 69.6 Å². The second kappa shape index (κ2) is 3.45. The van der Waals surface area contributed by atoms with E-state index < -0.39 is 0 Å². The van der Waals surface area contributed by atoms with Crippen LogP contribution in [0.1, 0.15) is 6.92 Å². The fourth-order valence-electron chi connectivity index (χ4n) is 1.22. The molecule has 0 aliphatic carbocycles. The van der Waals surface area contributed by atoms with Gasteiger partial charge in [-0.15, -0.1) is 10.2 Å². The van der Waals surface area contributed by atoms with Gasteiger partial charge in [0.25, 0.3) is 0 Å². The molecule has 5 nitrogen and oxygen atoms in total. The minimum absolute atomic E-state index is 0.649. The fraction of sp³-hybridized carbons (Fsp3) is 0.222. The highest BCUT2D eigenvalue weighted by Crippen LogP contribution is 2.14. The van der Waals surface area contributed by atoms with Crippen molar-refractivity contribution in [1.82, 2.24) is 19.7 Å². The van der Waals surface area contributed by atoms with E-state index in [1.807, 2.05) is 17.6 Å². The van der Waals surface area contributed by atoms with Crippen LogP contribution >= 0.6 is 0 Å². The first-order chi connectivity index (χ1) is 6.81. The van der Waals surface area contributed by atoms with Crippen LogP contribution in [0.4, 0.5) is 5.69 Å². The molecule has 0 radical (unpaired) electrons. The standard InChI is InChI=1S/C9H11N5/c1-2-14-6-12-13-9(14)8-4-3-7(10)5-11-8/h3-6H,2,10H2,1H3. The molecular formula is C9H11N5. The first-order valence-corrected chi connectivity index (χ1v) is 4.41. The molecule has 0 bridgehead atoms. The third-order valence-corrected chi connectivity index (χ3v) is 1.97. The summed E-state index contributed by atoms with van der Waals surface area (Å²) in [6.07, 6.45) is 3.30. The molecule has 0 unspecified atom stereocenters. The molecule has 2 aromatic heterocycles. The van der Waals surface area contributed by atoms with Crippen molar-refractivity contribution in [2.45, 2.75) is 13.5 Å². The Balaban J connectivity index is 2.44. The fourth-order valence-corrected chi connectivity index (χ4v) is 1.22. The Labute approximate surface area is 81.6 Å². The SMILES string of the molecule is CCn1cnnc1-c1ccc(N)cn1. The maximum Gasteiger partial charge on any atom is 0.182 e. The van der Waals surface area contributed by atoms with Crippen LogP contribution in [0.15, 0.2) is 24.7 Å². The van der Waals surface area contributed by atoms with Crippen LogP contribution in [0.5, 0.6) is 0 Å². The maximum atomic E-state index is 5.55. The monoisotopic (exact) mass is 189 g/mol. The second-order valence-corrected chi connectivity index (χ2v) is 2.92. The van der Waals surface area contributed by atoms with E-state index in [4.69, 9.17) is 5.73 Å². The summed E-state index contributed by atoms with van der Waals surface area (Å²) in [5, 5.41) is 7.83. The summed E-state index contributed by atoms with van der Waals surface area (Å²) < 4.78 is 1.93. The first kappa shape index (κ1) is 8.68. The Morgan fingerprint density at radius 2 is 2.29 bits per heavy atom. The molecule has 0 saturated heterocycles. The molecule has 0 fully saturated rings. The van der Waals surface area contributed by atoms with Crippen LogP contribution in [-0.4, -0.2) is 19.7 Å². The highest BCUT2D eigenvalue weighted by atomic mass is 15.3. The lowest BCUT2D eigenvalue weighted by Crippen LogP contribution is -1.98. The molecule has 0 amide bonds. The summed E-state index contributed by atoms with van der Waals surface area (Å²) in [5.74, 6) is 0.771. The average Bonchev–Trinajstić information content (AvgIpc) is 2.67. The van der Waals surface area contributed by atoms with Gasteiger partial charge in [0, 0.05) is 6.54 Å². The number of aryl methyl sites for hydroxylation is 1. The van der Waals surface area contributed by atoms with Crippen molar-refractivity contribution in [3.05, 3.63) is 24.7 Å². The normalized spacial score (nSPS) is 10.4. The zero-order valence-electron chi connectivity index (χ0n) is 7.88. The highest BCUT2D eigenvalue weighted by Gasteiger charge is 2.06. The number of hydrogen-bond donors (Lipinski definition) is 1. The molecule has 0 aromatic carbocycles. The summed E-state index contributed by atoms with van der Waals surface area (Å²) in [6.45, 7) is 2.86. The van der Waals surface area contributed by atoms with Gasteiger partial charge in [0.2, 0.25) is 0 Å². The molecule has 5 heteroatoms. The second-order valence-electron chi connectivity index (χ2n) is 2.92. The molecule has 2 aromatic rings. The lowest BCUT2D eigenvalue weighted by atomic mass is 10.3. The summed E-state index contributed by atoms with van der Waals surface area (Å²) in [4.78, 5) is 4.18. The predicted octanol–water partition coefficient (Wildman–Crippen LogP) is 0.942. The van der Waals surface area contributed by atoms with Gasteiger partial charge in [-0.1, -0.05) is 0 Å². The maximum absolute atomic E-state index is 5.55. The van der Waals surface area contributed by atoms with E-state index in [-0.39, 0.29) is 0 Å². The van der Waals surface area contributed by atoms with E-state index in [0.29, 0.717) is 5.69 Å². The van der Waals surface area contributed by atoms with E-state index in [1.54, 1.807) is 18.6 Å². The molecule has 14 heavy (non-hydrogen) atoms. The van der Waals surface area contributed by atoms with Crippen LogP contribution < -0.4 is 5.73 Å². The molecule has 0 spiro atoms. The lowest BCUT2D eigenvalue weighted by Gasteiger charge is -2.01. The largest absolute Gasteiger partial charge is 0.397 e. The van der Waals surface area contributed by atoms with E-state index in [9.17, 15) is 0 Å². The molecule has 2 N–H and O–H groups in total. The highest BCUT2D eigenvalue weighted by molar-refractivity contribution is 5.52. The van der Waals surface area contributed by atoms with Crippen molar-refractivity contribution in [3.8, 4) is 11.5 Å². The third kappa shape index (κ3) is 1.44. The average molecular weight is 189 g/mol. The number of aromatic nitrogens is 4. The zero-order valence-corrected chi connectivity index (χ0v) is 7.88. The van der Waals surface area contributed by atoms with Gasteiger partial charge in [0.05, 0.1) is 11.9 Å². The number of nitrogen functional groups attached to an aromatic ring is 1. The molecule has 0 atom stereocenters. The summed E-state index contributed by atoms with van der Waals surface area (Å²) >= 11 is 0. The molecule has 0 aliphatic heterocycles. The van der Waals surface area contributed by atoms with Crippen molar-refractivity contribution >= 4 is 5.69 Å². The van der Waals surface area contributed by atoms with Crippen LogP contribution in [-0.2, 0) is 6.54 Å². The number of pyridine rings is 1. The number of nitrogens with zero attached hydrogens (tertiary/aromatic N) is 4. The smallest absolute Gasteiger partial charge is 0.182 e. The van der Waals surface area contributed by atoms with Gasteiger partial charge in [0.1, 0.15) is 12.0 Å². The van der Waals surface area contributed by atoms with Crippen molar-refractivity contribution in [2.24, 2.45) is 0 Å². The van der Waals surface area contributed by atoms with E-state index in [1.165, 1.54) is 0 Å². The zero-order chi connectivity index (χ0) is 9.97. The number of nitrogens with two attached hydrogens (primary N) is 1. The van der Waals surface area contributed by atoms with Gasteiger partial charge in [-0.05, 0) is 19.1 Å². The van der Waals surface area contributed by atoms with Crippen molar-refractivity contribution in [1.29, 1.82) is 0 Å². The summed E-state index contributed by atoms with van der Waals surface area (Å²) in [5.41, 5.74) is 6.98. The van der Waals surface area contributed by atoms with Crippen LogP contribution in [0.25, 0.3) is 11.5 Å². The van der Waals surface area contributed by atoms with Gasteiger partial charge in [0.15, 0.2) is 5.82 Å². The molecule has 2 rings (SSSR count). The van der Waals surface area contributed by atoms with Crippen molar-refractivity contribution in [3.63, 3.8) is 0 Å². The Morgan fingerprint density at radius 3 is 2.93 bits per heavy atom. The Hall–Kier alpha value is -1.91. The van der Waals surface area contributed by atoms with Crippen molar-refractivity contribution < 1.29 is 0 Å². The van der Waals surface area contributed by atoms with Crippen LogP contribution in [0, 0.1) is 0 Å². The minimum Gasteiger partial charge on any atom is -0.397 e. The predicted molar refractivity (Wildman–Crippen MR) is 53.3 cm³/mol. The molecule has 0 saturated carbocycles. The summed E-state index contributed by atoms with van der Waals surface area (Å²) in [6, 6.07) is 3.64. The van der Waals surface area contributed by atoms with Crippen molar-refractivity contribution in [2.75, 3.05) is 5.73 Å². The number of hydrogen-bond acceptors (Lipinski definition) is 4. The minimum atomic E-state index is 0.649. The molecule has 0 aliphatic rings. The Bertz CT molecular complexity index is 417. The Kier molecular flexibility index (Phi) is 2.14. The third-order valence-electron chi connectivity index (χ3n) is 1.97. The van der Waals surface area contributed by atoms with E-state index in [2.05, 4.69) is 15.2 Å². The van der Waals surface area contributed by atoms with Gasteiger partial charge < -0.3 is 10.3 Å². The number of anilines is 1. The van der Waals surface area contributed by atoms with Crippen LogP contribution in [0.2, 0.25) is 0 Å². The molecule has 72 valence electrons. The summed E-state index contributed by atoms with van der Waals surface area (Å²) in [7, 11) is 0. The lowest BCUT2D eigenvalue weighted by molar-refractivity contribution is 0.764. The van der Waals surface area contributed by atoms with Gasteiger partial charge in [-0.25, -0.2) is 0 Å². The van der Waals surface area contributed by atoms with Gasteiger partial charge >= 0.3 is 0 Å². The van der Waals surface area contributed by atoms with Gasteiger partial charge in [-0.2, -0.15) is 0 Å². The van der Waals surface area contributed by atoms with Crippen LogP contribution in [0.3, 0.4) is 0 Å². The molecular weight excluding hydrogens is 178 g/mol.